The zero-order chi connectivity index (χ0) is 15.0. The summed E-state index contributed by atoms with van der Waals surface area (Å²) in [6, 6.07) is 12.8. The number of nitrogens with zero attached hydrogens (tertiary/aromatic N) is 1. The number of ketones is 1. The normalized spacial score (nSPS) is 13.4. The van der Waals surface area contributed by atoms with Crippen molar-refractivity contribution in [2.24, 2.45) is 0 Å². The lowest BCUT2D eigenvalue weighted by Gasteiger charge is -2.20. The first-order valence-corrected chi connectivity index (χ1v) is 7.49. The third-order valence-corrected chi connectivity index (χ3v) is 4.42. The highest BCUT2D eigenvalue weighted by Crippen LogP contribution is 2.30. The van der Waals surface area contributed by atoms with E-state index in [9.17, 15) is 4.79 Å². The molecule has 0 fully saturated rings. The fourth-order valence-corrected chi connectivity index (χ4v) is 2.98. The van der Waals surface area contributed by atoms with Crippen LogP contribution in [0.3, 0.4) is 0 Å². The maximum Gasteiger partial charge on any atom is 0.159 e. The predicted molar refractivity (Wildman–Crippen MR) is 87.1 cm³/mol. The molecule has 0 saturated heterocycles. The van der Waals surface area contributed by atoms with Gasteiger partial charge in [-0.05, 0) is 67.6 Å². The fraction of sp³-hybridized carbons (Fsp3) is 0.316. The third-order valence-electron chi connectivity index (χ3n) is 4.42. The van der Waals surface area contributed by atoms with Crippen LogP contribution >= 0.6 is 0 Å². The SMILES string of the molecule is CC(=O)c1ccc2c(c1)CCN2Cc1ccc(C)c(C)c1. The number of benzene rings is 2. The molecule has 0 aromatic heterocycles. The average Bonchev–Trinajstić information content (AvgIpc) is 2.85. The summed E-state index contributed by atoms with van der Waals surface area (Å²) in [7, 11) is 0. The number of anilines is 1. The topological polar surface area (TPSA) is 20.3 Å². The number of hydrogen-bond acceptors (Lipinski definition) is 2. The lowest BCUT2D eigenvalue weighted by Crippen LogP contribution is -2.19. The molecule has 1 aliphatic heterocycles. The summed E-state index contributed by atoms with van der Waals surface area (Å²) >= 11 is 0. The van der Waals surface area contributed by atoms with Gasteiger partial charge in [0.05, 0.1) is 0 Å². The highest BCUT2D eigenvalue weighted by molar-refractivity contribution is 5.94. The zero-order valence-corrected chi connectivity index (χ0v) is 12.9. The molecule has 108 valence electrons. The van der Waals surface area contributed by atoms with Crippen LogP contribution in [-0.2, 0) is 13.0 Å². The van der Waals surface area contributed by atoms with Crippen LogP contribution in [0.4, 0.5) is 5.69 Å². The molecule has 1 heterocycles. The maximum atomic E-state index is 11.5. The van der Waals surface area contributed by atoms with Crippen LogP contribution in [0.2, 0.25) is 0 Å². The van der Waals surface area contributed by atoms with Crippen LogP contribution in [0.25, 0.3) is 0 Å². The van der Waals surface area contributed by atoms with Gasteiger partial charge in [0.15, 0.2) is 5.78 Å². The Hall–Kier alpha value is -2.09. The largest absolute Gasteiger partial charge is 0.367 e. The Morgan fingerprint density at radius 1 is 1.10 bits per heavy atom. The van der Waals surface area contributed by atoms with Gasteiger partial charge in [-0.3, -0.25) is 4.79 Å². The summed E-state index contributed by atoms with van der Waals surface area (Å²) in [5.41, 5.74) is 7.43. The monoisotopic (exact) mass is 279 g/mol. The molecular formula is C19H21NO. The molecule has 2 nitrogen and oxygen atoms in total. The molecule has 2 aromatic carbocycles. The second-order valence-electron chi connectivity index (χ2n) is 5.99. The van der Waals surface area contributed by atoms with Crippen molar-refractivity contribution in [3.63, 3.8) is 0 Å². The number of Topliss-reactive ketones (excluding diaryl/α,β-unsaturated/α-hetero) is 1. The van der Waals surface area contributed by atoms with E-state index in [0.29, 0.717) is 0 Å². The molecule has 0 saturated carbocycles. The molecule has 1 aliphatic rings. The molecule has 2 aromatic rings. The molecule has 0 amide bonds. The molecule has 21 heavy (non-hydrogen) atoms. The highest BCUT2D eigenvalue weighted by Gasteiger charge is 2.20. The van der Waals surface area contributed by atoms with Crippen LogP contribution in [0.1, 0.15) is 39.5 Å². The molecule has 0 radical (unpaired) electrons. The number of fused-ring (bicyclic) bond motifs is 1. The van der Waals surface area contributed by atoms with Crippen molar-refractivity contribution >= 4 is 11.5 Å². The second-order valence-corrected chi connectivity index (χ2v) is 5.99. The first kappa shape index (κ1) is 13.9. The average molecular weight is 279 g/mol. The van der Waals surface area contributed by atoms with E-state index >= 15 is 0 Å². The van der Waals surface area contributed by atoms with Crippen LogP contribution in [0.15, 0.2) is 36.4 Å². The summed E-state index contributed by atoms with van der Waals surface area (Å²) in [6.45, 7) is 7.91. The van der Waals surface area contributed by atoms with E-state index in [-0.39, 0.29) is 5.78 Å². The maximum absolute atomic E-state index is 11.5. The number of aryl methyl sites for hydroxylation is 2. The first-order chi connectivity index (χ1) is 10.0. The van der Waals surface area contributed by atoms with E-state index in [4.69, 9.17) is 0 Å². The Kier molecular flexibility index (Phi) is 3.54. The van der Waals surface area contributed by atoms with E-state index in [1.54, 1.807) is 6.92 Å². The van der Waals surface area contributed by atoms with E-state index in [2.05, 4.69) is 49.1 Å². The summed E-state index contributed by atoms with van der Waals surface area (Å²) in [5, 5.41) is 0. The molecule has 0 spiro atoms. The van der Waals surface area contributed by atoms with Crippen molar-refractivity contribution in [2.45, 2.75) is 33.7 Å². The predicted octanol–water partition coefficient (Wildman–Crippen LogP) is 4.07. The molecule has 2 heteroatoms. The Bertz CT molecular complexity index is 703. The van der Waals surface area contributed by atoms with Crippen molar-refractivity contribution in [2.75, 3.05) is 11.4 Å². The van der Waals surface area contributed by atoms with Crippen LogP contribution in [0.5, 0.6) is 0 Å². The molecule has 0 unspecified atom stereocenters. The van der Waals surface area contributed by atoms with Crippen molar-refractivity contribution in [3.8, 4) is 0 Å². The van der Waals surface area contributed by atoms with Gasteiger partial charge in [-0.15, -0.1) is 0 Å². The molecule has 3 rings (SSSR count). The summed E-state index contributed by atoms with van der Waals surface area (Å²) in [5.74, 6) is 0.144. The molecule has 0 N–H and O–H groups in total. The van der Waals surface area contributed by atoms with Gasteiger partial charge in [0.1, 0.15) is 0 Å². The van der Waals surface area contributed by atoms with Crippen molar-refractivity contribution < 1.29 is 4.79 Å². The summed E-state index contributed by atoms with van der Waals surface area (Å²) in [4.78, 5) is 13.9. The Morgan fingerprint density at radius 3 is 2.62 bits per heavy atom. The van der Waals surface area contributed by atoms with E-state index in [0.717, 1.165) is 25.1 Å². The van der Waals surface area contributed by atoms with Gasteiger partial charge in [0.25, 0.3) is 0 Å². The van der Waals surface area contributed by atoms with Crippen LogP contribution in [0, 0.1) is 13.8 Å². The second kappa shape index (κ2) is 5.36. The standard InChI is InChI=1S/C19H21NO/c1-13-4-5-16(10-14(13)2)12-20-9-8-18-11-17(15(3)21)6-7-19(18)20/h4-7,10-11H,8-9,12H2,1-3H3. The highest BCUT2D eigenvalue weighted by atomic mass is 16.1. The van der Waals surface area contributed by atoms with E-state index in [1.165, 1.54) is 27.9 Å². The zero-order valence-electron chi connectivity index (χ0n) is 12.9. The van der Waals surface area contributed by atoms with Gasteiger partial charge in [0.2, 0.25) is 0 Å². The molecule has 0 aliphatic carbocycles. The minimum Gasteiger partial charge on any atom is -0.367 e. The molecule has 0 bridgehead atoms. The number of carbonyl (C=O) groups is 1. The summed E-state index contributed by atoms with van der Waals surface area (Å²) in [6.07, 6.45) is 1.03. The Morgan fingerprint density at radius 2 is 1.90 bits per heavy atom. The number of rotatable bonds is 3. The van der Waals surface area contributed by atoms with Crippen molar-refractivity contribution in [3.05, 3.63) is 64.2 Å². The number of hydrogen-bond donors (Lipinski definition) is 0. The van der Waals surface area contributed by atoms with Crippen molar-refractivity contribution in [1.29, 1.82) is 0 Å². The fourth-order valence-electron chi connectivity index (χ4n) is 2.98. The van der Waals surface area contributed by atoms with Gasteiger partial charge in [-0.2, -0.15) is 0 Å². The van der Waals surface area contributed by atoms with Gasteiger partial charge in [0, 0.05) is 24.3 Å². The van der Waals surface area contributed by atoms with Gasteiger partial charge >= 0.3 is 0 Å². The van der Waals surface area contributed by atoms with Crippen molar-refractivity contribution in [1.82, 2.24) is 0 Å². The van der Waals surface area contributed by atoms with Gasteiger partial charge < -0.3 is 4.90 Å². The molecular weight excluding hydrogens is 258 g/mol. The minimum absolute atomic E-state index is 0.144. The van der Waals surface area contributed by atoms with E-state index < -0.39 is 0 Å². The quantitative estimate of drug-likeness (QED) is 0.789. The molecule has 0 atom stereocenters. The van der Waals surface area contributed by atoms with Crippen LogP contribution in [-0.4, -0.2) is 12.3 Å². The Labute approximate surface area is 126 Å². The Balaban J connectivity index is 1.84. The van der Waals surface area contributed by atoms with E-state index in [1.807, 2.05) is 6.07 Å². The first-order valence-electron chi connectivity index (χ1n) is 7.49. The lowest BCUT2D eigenvalue weighted by atomic mass is 10.1. The smallest absolute Gasteiger partial charge is 0.159 e. The number of carbonyl (C=O) groups excluding carboxylic acids is 1. The van der Waals surface area contributed by atoms with Crippen LogP contribution < -0.4 is 4.90 Å². The third kappa shape index (κ3) is 2.71. The summed E-state index contributed by atoms with van der Waals surface area (Å²) < 4.78 is 0. The van der Waals surface area contributed by atoms with Gasteiger partial charge in [-0.25, -0.2) is 0 Å². The lowest BCUT2D eigenvalue weighted by molar-refractivity contribution is 0.101. The van der Waals surface area contributed by atoms with Gasteiger partial charge in [-0.1, -0.05) is 18.2 Å². The minimum atomic E-state index is 0.144.